The average molecular weight is 433 g/mol. The largest absolute Gasteiger partial charge is 0.477 e. The summed E-state index contributed by atoms with van der Waals surface area (Å²) in [6.07, 6.45) is 4.81. The number of rotatable bonds is 7. The third-order valence-electron chi connectivity index (χ3n) is 6.18. The molecule has 4 nitrogen and oxygen atoms in total. The van der Waals surface area contributed by atoms with Crippen molar-refractivity contribution >= 4 is 5.91 Å². The van der Waals surface area contributed by atoms with Crippen LogP contribution in [0.15, 0.2) is 72.9 Å². The molecule has 3 aromatic rings. The molecule has 1 saturated heterocycles. The highest BCUT2D eigenvalue weighted by Crippen LogP contribution is 2.26. The first-order valence-corrected chi connectivity index (χ1v) is 11.3. The molecule has 0 unspecified atom stereocenters. The molecule has 0 radical (unpaired) electrons. The van der Waals surface area contributed by atoms with E-state index in [1.807, 2.05) is 41.3 Å². The summed E-state index contributed by atoms with van der Waals surface area (Å²) in [6.45, 7) is 3.22. The van der Waals surface area contributed by atoms with Gasteiger partial charge in [0, 0.05) is 30.1 Å². The number of aromatic nitrogens is 1. The van der Waals surface area contributed by atoms with Crippen LogP contribution in [-0.4, -0.2) is 35.0 Å². The minimum atomic E-state index is -0.383. The summed E-state index contributed by atoms with van der Waals surface area (Å²) < 4.78 is 18.8. The fourth-order valence-corrected chi connectivity index (χ4v) is 4.28. The van der Waals surface area contributed by atoms with Crippen molar-refractivity contribution in [1.82, 2.24) is 9.88 Å². The maximum atomic E-state index is 13.5. The van der Waals surface area contributed by atoms with Gasteiger partial charge in [0.05, 0.1) is 12.8 Å². The summed E-state index contributed by atoms with van der Waals surface area (Å²) in [6, 6.07) is 21.4. The molecule has 0 N–H and O–H groups in total. The Balaban J connectivity index is 1.41. The Labute approximate surface area is 189 Å². The molecule has 166 valence electrons. The Morgan fingerprint density at radius 1 is 1.03 bits per heavy atom. The van der Waals surface area contributed by atoms with Gasteiger partial charge in [-0.05, 0) is 55.9 Å². The molecule has 2 atom stereocenters. The quantitative estimate of drug-likeness (QED) is 0.507. The molecular formula is C27H29FN2O2. The lowest BCUT2D eigenvalue weighted by Gasteiger charge is -2.38. The van der Waals surface area contributed by atoms with Crippen molar-refractivity contribution in [3.63, 3.8) is 0 Å². The number of hydrogen-bond donors (Lipinski definition) is 0. The maximum absolute atomic E-state index is 13.5. The Morgan fingerprint density at radius 2 is 1.81 bits per heavy atom. The Bertz CT molecular complexity index is 1020. The van der Waals surface area contributed by atoms with Crippen LogP contribution >= 0.6 is 0 Å². The number of benzene rings is 2. The Morgan fingerprint density at radius 3 is 2.59 bits per heavy atom. The predicted molar refractivity (Wildman–Crippen MR) is 123 cm³/mol. The van der Waals surface area contributed by atoms with Gasteiger partial charge in [-0.25, -0.2) is 9.37 Å². The number of nitrogens with zero attached hydrogens (tertiary/aromatic N) is 2. The SMILES string of the molecule is C[C@@H]1CC[C@@H](COc2ccc(F)cn2)CN1C(=O)c1ccccc1CCc1ccccc1. The molecule has 1 aliphatic rings. The van der Waals surface area contributed by atoms with E-state index in [-0.39, 0.29) is 23.7 Å². The van der Waals surface area contributed by atoms with Gasteiger partial charge in [0.2, 0.25) is 5.88 Å². The topological polar surface area (TPSA) is 42.4 Å². The number of halogens is 1. The van der Waals surface area contributed by atoms with Crippen LogP contribution in [0.1, 0.15) is 41.3 Å². The van der Waals surface area contributed by atoms with E-state index in [1.54, 1.807) is 0 Å². The molecule has 5 heteroatoms. The number of carbonyl (C=O) groups excluding carboxylic acids is 1. The minimum absolute atomic E-state index is 0.0887. The van der Waals surface area contributed by atoms with E-state index in [2.05, 4.69) is 30.1 Å². The molecule has 0 aliphatic carbocycles. The number of pyridine rings is 1. The molecule has 0 bridgehead atoms. The third kappa shape index (κ3) is 5.52. The van der Waals surface area contributed by atoms with Crippen LogP contribution in [0.4, 0.5) is 4.39 Å². The van der Waals surface area contributed by atoms with Gasteiger partial charge in [-0.1, -0.05) is 48.5 Å². The van der Waals surface area contributed by atoms with Crippen LogP contribution in [-0.2, 0) is 12.8 Å². The molecule has 2 heterocycles. The van der Waals surface area contributed by atoms with E-state index in [0.29, 0.717) is 19.0 Å². The van der Waals surface area contributed by atoms with Crippen molar-refractivity contribution in [2.24, 2.45) is 5.92 Å². The summed E-state index contributed by atoms with van der Waals surface area (Å²) in [5.41, 5.74) is 3.15. The lowest BCUT2D eigenvalue weighted by Crippen LogP contribution is -2.47. The van der Waals surface area contributed by atoms with E-state index >= 15 is 0 Å². The van der Waals surface area contributed by atoms with Gasteiger partial charge in [0.1, 0.15) is 5.82 Å². The number of amides is 1. The van der Waals surface area contributed by atoms with Gasteiger partial charge in [0.15, 0.2) is 0 Å². The van der Waals surface area contributed by atoms with Crippen molar-refractivity contribution in [3.05, 3.63) is 95.4 Å². The van der Waals surface area contributed by atoms with Crippen molar-refractivity contribution in [3.8, 4) is 5.88 Å². The lowest BCUT2D eigenvalue weighted by atomic mass is 9.92. The molecule has 0 spiro atoms. The first kappa shape index (κ1) is 22.0. The van der Waals surface area contributed by atoms with Gasteiger partial charge in [-0.15, -0.1) is 0 Å². The minimum Gasteiger partial charge on any atom is -0.477 e. The molecule has 0 saturated carbocycles. The summed E-state index contributed by atoms with van der Waals surface area (Å²) in [5.74, 6) is 0.338. The number of ether oxygens (including phenoxy) is 1. The molecule has 4 rings (SSSR count). The molecular weight excluding hydrogens is 403 g/mol. The molecule has 1 aromatic heterocycles. The van der Waals surface area contributed by atoms with Gasteiger partial charge >= 0.3 is 0 Å². The Kier molecular flexibility index (Phi) is 7.15. The fourth-order valence-electron chi connectivity index (χ4n) is 4.28. The van der Waals surface area contributed by atoms with Crippen molar-refractivity contribution in [2.75, 3.05) is 13.2 Å². The lowest BCUT2D eigenvalue weighted by molar-refractivity contribution is 0.0501. The average Bonchev–Trinajstić information content (AvgIpc) is 2.83. The van der Waals surface area contributed by atoms with Crippen LogP contribution in [0.25, 0.3) is 0 Å². The van der Waals surface area contributed by atoms with E-state index in [9.17, 15) is 9.18 Å². The van der Waals surface area contributed by atoms with Crippen LogP contribution in [0.2, 0.25) is 0 Å². The summed E-state index contributed by atoms with van der Waals surface area (Å²) >= 11 is 0. The highest BCUT2D eigenvalue weighted by atomic mass is 19.1. The predicted octanol–water partition coefficient (Wildman–Crippen LogP) is 5.33. The van der Waals surface area contributed by atoms with Crippen molar-refractivity contribution in [2.45, 2.75) is 38.6 Å². The van der Waals surface area contributed by atoms with E-state index < -0.39 is 0 Å². The van der Waals surface area contributed by atoms with Crippen LogP contribution in [0.5, 0.6) is 5.88 Å². The number of likely N-dealkylation sites (tertiary alicyclic amines) is 1. The summed E-state index contributed by atoms with van der Waals surface area (Å²) in [5, 5.41) is 0. The first-order chi connectivity index (χ1) is 15.6. The standard InChI is InChI=1S/C27H29FN2O2/c1-20-11-12-22(19-32-26-16-15-24(28)17-29-26)18-30(20)27(31)25-10-6-5-9-23(25)14-13-21-7-3-2-4-8-21/h2-10,15-17,20,22H,11-14,18-19H2,1H3/t20-,22-/m1/s1. The molecule has 32 heavy (non-hydrogen) atoms. The fraction of sp³-hybridized carbons (Fsp3) is 0.333. The monoisotopic (exact) mass is 432 g/mol. The smallest absolute Gasteiger partial charge is 0.254 e. The summed E-state index contributed by atoms with van der Waals surface area (Å²) in [7, 11) is 0. The van der Waals surface area contributed by atoms with Gasteiger partial charge < -0.3 is 9.64 Å². The van der Waals surface area contributed by atoms with Gasteiger partial charge in [-0.3, -0.25) is 4.79 Å². The number of carbonyl (C=O) groups is 1. The number of piperidine rings is 1. The van der Waals surface area contributed by atoms with Gasteiger partial charge in [-0.2, -0.15) is 0 Å². The zero-order chi connectivity index (χ0) is 22.3. The summed E-state index contributed by atoms with van der Waals surface area (Å²) in [4.78, 5) is 19.5. The van der Waals surface area contributed by atoms with Crippen LogP contribution < -0.4 is 4.74 Å². The molecule has 1 aliphatic heterocycles. The third-order valence-corrected chi connectivity index (χ3v) is 6.18. The normalized spacial score (nSPS) is 18.4. The number of aryl methyl sites for hydroxylation is 2. The first-order valence-electron chi connectivity index (χ1n) is 11.3. The van der Waals surface area contributed by atoms with Crippen molar-refractivity contribution in [1.29, 1.82) is 0 Å². The van der Waals surface area contributed by atoms with E-state index in [4.69, 9.17) is 4.74 Å². The second kappa shape index (κ2) is 10.4. The van der Waals surface area contributed by atoms with Crippen LogP contribution in [0, 0.1) is 11.7 Å². The zero-order valence-corrected chi connectivity index (χ0v) is 18.4. The van der Waals surface area contributed by atoms with Crippen LogP contribution in [0.3, 0.4) is 0 Å². The highest BCUT2D eigenvalue weighted by Gasteiger charge is 2.30. The van der Waals surface area contributed by atoms with E-state index in [0.717, 1.165) is 43.0 Å². The highest BCUT2D eigenvalue weighted by molar-refractivity contribution is 5.96. The Hall–Kier alpha value is -3.21. The second-order valence-corrected chi connectivity index (χ2v) is 8.52. The molecule has 1 fully saturated rings. The molecule has 1 amide bonds. The molecule has 2 aromatic carbocycles. The maximum Gasteiger partial charge on any atom is 0.254 e. The van der Waals surface area contributed by atoms with Crippen molar-refractivity contribution < 1.29 is 13.9 Å². The van der Waals surface area contributed by atoms with E-state index in [1.165, 1.54) is 17.7 Å². The van der Waals surface area contributed by atoms with Gasteiger partial charge in [0.25, 0.3) is 5.91 Å². The number of hydrogen-bond acceptors (Lipinski definition) is 3. The zero-order valence-electron chi connectivity index (χ0n) is 18.4. The second-order valence-electron chi connectivity index (χ2n) is 8.52.